The smallest absolute Gasteiger partial charge is 0.155 e. The van der Waals surface area contributed by atoms with E-state index in [1.165, 1.54) is 6.26 Å². The van der Waals surface area contributed by atoms with Crippen molar-refractivity contribution < 1.29 is 9.52 Å². The third kappa shape index (κ3) is 1.40. The zero-order chi connectivity index (χ0) is 11.0. The van der Waals surface area contributed by atoms with Gasteiger partial charge in [0, 0.05) is 12.4 Å². The van der Waals surface area contributed by atoms with Crippen LogP contribution in [-0.4, -0.2) is 14.5 Å². The van der Waals surface area contributed by atoms with Crippen LogP contribution in [0.2, 0.25) is 0 Å². The first-order valence-electron chi connectivity index (χ1n) is 5.00. The molecule has 0 aliphatic rings. The number of pyridine rings is 1. The quantitative estimate of drug-likeness (QED) is 0.709. The number of aromatic nitrogens is 2. The monoisotopic (exact) mass is 214 g/mol. The topological polar surface area (TPSA) is 50.7 Å². The maximum atomic E-state index is 10.0. The average Bonchev–Trinajstić information content (AvgIpc) is 2.97. The van der Waals surface area contributed by atoms with Gasteiger partial charge in [-0.3, -0.25) is 0 Å². The summed E-state index contributed by atoms with van der Waals surface area (Å²) in [5, 5.41) is 10.0. The van der Waals surface area contributed by atoms with E-state index in [2.05, 4.69) is 4.98 Å². The molecule has 0 amide bonds. The highest BCUT2D eigenvalue weighted by atomic mass is 16.4. The predicted octanol–water partition coefficient (Wildman–Crippen LogP) is 2.01. The summed E-state index contributed by atoms with van der Waals surface area (Å²) in [6.07, 6.45) is 4.41. The molecule has 4 heteroatoms. The lowest BCUT2D eigenvalue weighted by atomic mass is 10.2. The van der Waals surface area contributed by atoms with Gasteiger partial charge in [0.25, 0.3) is 0 Å². The standard InChI is InChI=1S/C12H10N2O2/c15-12(10-4-3-7-16-10)9-8-14-6-2-1-5-11(14)13-9/h1-8,12,15H. The molecule has 16 heavy (non-hydrogen) atoms. The van der Waals surface area contributed by atoms with Gasteiger partial charge < -0.3 is 13.9 Å². The van der Waals surface area contributed by atoms with Crippen molar-refractivity contribution in [1.29, 1.82) is 0 Å². The van der Waals surface area contributed by atoms with Gasteiger partial charge in [0.05, 0.1) is 12.0 Å². The fraction of sp³-hybridized carbons (Fsp3) is 0.0833. The molecule has 80 valence electrons. The van der Waals surface area contributed by atoms with Crippen LogP contribution in [0.25, 0.3) is 5.65 Å². The molecule has 0 saturated heterocycles. The van der Waals surface area contributed by atoms with Gasteiger partial charge in [-0.15, -0.1) is 0 Å². The van der Waals surface area contributed by atoms with Crippen LogP contribution in [0.15, 0.2) is 53.4 Å². The van der Waals surface area contributed by atoms with Crippen LogP contribution >= 0.6 is 0 Å². The molecule has 0 fully saturated rings. The van der Waals surface area contributed by atoms with Crippen molar-refractivity contribution in [3.63, 3.8) is 0 Å². The first kappa shape index (κ1) is 9.18. The summed E-state index contributed by atoms with van der Waals surface area (Å²) >= 11 is 0. The van der Waals surface area contributed by atoms with Crippen molar-refractivity contribution in [2.45, 2.75) is 6.10 Å². The molecule has 0 spiro atoms. The highest BCUT2D eigenvalue weighted by molar-refractivity contribution is 5.40. The summed E-state index contributed by atoms with van der Waals surface area (Å²) in [7, 11) is 0. The van der Waals surface area contributed by atoms with Crippen molar-refractivity contribution in [3.8, 4) is 0 Å². The number of hydrogen-bond donors (Lipinski definition) is 1. The number of imidazole rings is 1. The van der Waals surface area contributed by atoms with E-state index in [1.54, 1.807) is 18.3 Å². The number of hydrogen-bond acceptors (Lipinski definition) is 3. The maximum Gasteiger partial charge on any atom is 0.155 e. The molecule has 4 nitrogen and oxygen atoms in total. The predicted molar refractivity (Wildman–Crippen MR) is 58.0 cm³/mol. The number of rotatable bonds is 2. The summed E-state index contributed by atoms with van der Waals surface area (Å²) in [5.41, 5.74) is 1.39. The Hall–Kier alpha value is -2.07. The minimum Gasteiger partial charge on any atom is -0.466 e. The van der Waals surface area contributed by atoms with E-state index in [4.69, 9.17) is 4.42 Å². The van der Waals surface area contributed by atoms with Crippen molar-refractivity contribution in [2.75, 3.05) is 0 Å². The Bertz CT molecular complexity index is 565. The average molecular weight is 214 g/mol. The zero-order valence-electron chi connectivity index (χ0n) is 8.45. The molecule has 0 radical (unpaired) electrons. The summed E-state index contributed by atoms with van der Waals surface area (Å²) < 4.78 is 7.01. The Kier molecular flexibility index (Phi) is 2.01. The molecule has 3 aromatic heterocycles. The molecule has 1 atom stereocenters. The van der Waals surface area contributed by atoms with Gasteiger partial charge in [0.15, 0.2) is 6.10 Å². The fourth-order valence-corrected chi connectivity index (χ4v) is 1.68. The lowest BCUT2D eigenvalue weighted by molar-refractivity contribution is 0.185. The Morgan fingerprint density at radius 3 is 2.94 bits per heavy atom. The van der Waals surface area contributed by atoms with Crippen molar-refractivity contribution in [3.05, 3.63) is 60.4 Å². The molecule has 0 aromatic carbocycles. The Morgan fingerprint density at radius 1 is 1.25 bits per heavy atom. The van der Waals surface area contributed by atoms with E-state index in [-0.39, 0.29) is 0 Å². The van der Waals surface area contributed by atoms with Crippen molar-refractivity contribution >= 4 is 5.65 Å². The van der Waals surface area contributed by atoms with E-state index in [0.717, 1.165) is 5.65 Å². The SMILES string of the molecule is OC(c1cn2ccccc2n1)c1ccco1. The molecule has 1 N–H and O–H groups in total. The fourth-order valence-electron chi connectivity index (χ4n) is 1.68. The second-order valence-corrected chi connectivity index (χ2v) is 3.55. The second-order valence-electron chi connectivity index (χ2n) is 3.55. The molecule has 0 saturated carbocycles. The first-order chi connectivity index (χ1) is 7.84. The highest BCUT2D eigenvalue weighted by Gasteiger charge is 2.16. The van der Waals surface area contributed by atoms with Gasteiger partial charge in [0.1, 0.15) is 11.4 Å². The van der Waals surface area contributed by atoms with Crippen LogP contribution in [0.1, 0.15) is 17.6 Å². The largest absolute Gasteiger partial charge is 0.466 e. The van der Waals surface area contributed by atoms with E-state index >= 15 is 0 Å². The van der Waals surface area contributed by atoms with E-state index in [0.29, 0.717) is 11.5 Å². The Balaban J connectivity index is 2.06. The van der Waals surface area contributed by atoms with Crippen LogP contribution in [0.4, 0.5) is 0 Å². The van der Waals surface area contributed by atoms with Gasteiger partial charge in [-0.25, -0.2) is 4.98 Å². The van der Waals surface area contributed by atoms with E-state index < -0.39 is 6.10 Å². The van der Waals surface area contributed by atoms with Crippen molar-refractivity contribution in [1.82, 2.24) is 9.38 Å². The van der Waals surface area contributed by atoms with E-state index in [9.17, 15) is 5.11 Å². The number of nitrogens with zero attached hydrogens (tertiary/aromatic N) is 2. The maximum absolute atomic E-state index is 10.0. The van der Waals surface area contributed by atoms with Gasteiger partial charge in [-0.2, -0.15) is 0 Å². The lowest BCUT2D eigenvalue weighted by Crippen LogP contribution is -1.97. The summed E-state index contributed by atoms with van der Waals surface area (Å²) in [5.74, 6) is 0.503. The third-order valence-corrected chi connectivity index (χ3v) is 2.48. The number of furan rings is 1. The van der Waals surface area contributed by atoms with Crippen LogP contribution in [0.5, 0.6) is 0 Å². The number of fused-ring (bicyclic) bond motifs is 1. The molecule has 0 aliphatic carbocycles. The third-order valence-electron chi connectivity index (χ3n) is 2.48. The molecule has 3 aromatic rings. The molecule has 3 heterocycles. The number of aliphatic hydroxyl groups excluding tert-OH is 1. The van der Waals surface area contributed by atoms with E-state index in [1.807, 2.05) is 28.8 Å². The normalized spacial score (nSPS) is 13.1. The zero-order valence-corrected chi connectivity index (χ0v) is 8.45. The van der Waals surface area contributed by atoms with Gasteiger partial charge in [-0.05, 0) is 24.3 Å². The minimum absolute atomic E-state index is 0.503. The van der Waals surface area contributed by atoms with Crippen LogP contribution in [-0.2, 0) is 0 Å². The molecule has 0 bridgehead atoms. The van der Waals surface area contributed by atoms with Crippen LogP contribution in [0.3, 0.4) is 0 Å². The highest BCUT2D eigenvalue weighted by Crippen LogP contribution is 2.21. The van der Waals surface area contributed by atoms with Crippen LogP contribution in [0, 0.1) is 0 Å². The van der Waals surface area contributed by atoms with Crippen molar-refractivity contribution in [2.24, 2.45) is 0 Å². The van der Waals surface area contributed by atoms with Gasteiger partial charge in [0.2, 0.25) is 0 Å². The summed E-state index contributed by atoms with van der Waals surface area (Å²) in [6.45, 7) is 0. The lowest BCUT2D eigenvalue weighted by Gasteiger charge is -2.02. The first-order valence-corrected chi connectivity index (χ1v) is 5.00. The number of aliphatic hydroxyl groups is 1. The van der Waals surface area contributed by atoms with Gasteiger partial charge in [-0.1, -0.05) is 6.07 Å². The summed E-state index contributed by atoms with van der Waals surface area (Å²) in [6, 6.07) is 9.19. The van der Waals surface area contributed by atoms with Gasteiger partial charge >= 0.3 is 0 Å². The Labute approximate surface area is 91.8 Å². The van der Waals surface area contributed by atoms with Crippen LogP contribution < -0.4 is 0 Å². The Morgan fingerprint density at radius 2 is 2.19 bits per heavy atom. The molecular weight excluding hydrogens is 204 g/mol. The molecule has 1 unspecified atom stereocenters. The molecular formula is C12H10N2O2. The summed E-state index contributed by atoms with van der Waals surface area (Å²) in [4.78, 5) is 4.32. The minimum atomic E-state index is -0.810. The second kappa shape index (κ2) is 3.50. The molecule has 0 aliphatic heterocycles. The molecule has 3 rings (SSSR count).